The number of carbonyl (C=O) groups excluding carboxylic acids is 1. The van der Waals surface area contributed by atoms with E-state index in [2.05, 4.69) is 30.1 Å². The van der Waals surface area contributed by atoms with Crippen molar-refractivity contribution >= 4 is 28.4 Å². The van der Waals surface area contributed by atoms with Crippen LogP contribution in [-0.2, 0) is 17.6 Å². The number of rotatable bonds is 5. The molecule has 0 atom stereocenters. The number of aromatic amines is 1. The SMILES string of the molecule is CN(C)C1(C(=O)Nc2cccc(-c3cnco3)c2)CCN(c2ncnc3[nH]c4c(c23)CCCC4)CC1. The lowest BCUT2D eigenvalue weighted by molar-refractivity contribution is -0.127. The van der Waals surface area contributed by atoms with Crippen molar-refractivity contribution in [2.75, 3.05) is 37.4 Å². The molecule has 2 N–H and O–H groups in total. The van der Waals surface area contributed by atoms with Crippen molar-refractivity contribution in [1.82, 2.24) is 24.8 Å². The second-order valence-corrected chi connectivity index (χ2v) is 10.0. The van der Waals surface area contributed by atoms with Crippen molar-refractivity contribution in [2.24, 2.45) is 0 Å². The summed E-state index contributed by atoms with van der Waals surface area (Å²) in [6.07, 6.45) is 10.7. The number of hydrogen-bond acceptors (Lipinski definition) is 7. The van der Waals surface area contributed by atoms with Crippen LogP contribution in [0, 0.1) is 0 Å². The van der Waals surface area contributed by atoms with Gasteiger partial charge in [-0.15, -0.1) is 0 Å². The lowest BCUT2D eigenvalue weighted by atomic mass is 9.85. The fourth-order valence-corrected chi connectivity index (χ4v) is 5.77. The third kappa shape index (κ3) is 3.83. The maximum atomic E-state index is 13.7. The van der Waals surface area contributed by atoms with E-state index in [1.807, 2.05) is 38.4 Å². The van der Waals surface area contributed by atoms with Crippen molar-refractivity contribution in [1.29, 1.82) is 0 Å². The molecular weight excluding hydrogens is 454 g/mol. The molecule has 1 aliphatic carbocycles. The smallest absolute Gasteiger partial charge is 0.245 e. The van der Waals surface area contributed by atoms with E-state index in [-0.39, 0.29) is 5.91 Å². The number of piperidine rings is 1. The number of nitrogens with one attached hydrogen (secondary N) is 2. The van der Waals surface area contributed by atoms with E-state index in [9.17, 15) is 4.79 Å². The predicted molar refractivity (Wildman–Crippen MR) is 139 cm³/mol. The largest absolute Gasteiger partial charge is 0.444 e. The Bertz CT molecular complexity index is 1380. The lowest BCUT2D eigenvalue weighted by Gasteiger charge is -2.45. The van der Waals surface area contributed by atoms with Gasteiger partial charge in [-0.3, -0.25) is 9.69 Å². The van der Waals surface area contributed by atoms with E-state index in [1.165, 1.54) is 35.9 Å². The summed E-state index contributed by atoms with van der Waals surface area (Å²) in [6, 6.07) is 7.68. The minimum absolute atomic E-state index is 0.00808. The zero-order valence-electron chi connectivity index (χ0n) is 20.8. The van der Waals surface area contributed by atoms with Gasteiger partial charge in [-0.1, -0.05) is 12.1 Å². The molecular formula is C27H31N7O2. The van der Waals surface area contributed by atoms with Gasteiger partial charge >= 0.3 is 0 Å². The van der Waals surface area contributed by atoms with Gasteiger partial charge < -0.3 is 19.6 Å². The Labute approximate surface area is 209 Å². The molecule has 0 unspecified atom stereocenters. The fourth-order valence-electron chi connectivity index (χ4n) is 5.77. The van der Waals surface area contributed by atoms with Gasteiger partial charge in [0.1, 0.15) is 23.3 Å². The van der Waals surface area contributed by atoms with Crippen molar-refractivity contribution in [3.05, 3.63) is 54.4 Å². The summed E-state index contributed by atoms with van der Waals surface area (Å²) in [5, 5.41) is 4.33. The predicted octanol–water partition coefficient (Wildman–Crippen LogP) is 4.03. The molecule has 6 rings (SSSR count). The van der Waals surface area contributed by atoms with Crippen LogP contribution in [0.25, 0.3) is 22.4 Å². The number of carbonyl (C=O) groups is 1. The molecule has 0 bridgehead atoms. The molecule has 0 spiro atoms. The number of benzene rings is 1. The van der Waals surface area contributed by atoms with Crippen LogP contribution in [0.4, 0.5) is 11.5 Å². The van der Waals surface area contributed by atoms with Crippen LogP contribution < -0.4 is 10.2 Å². The second-order valence-electron chi connectivity index (χ2n) is 10.0. The van der Waals surface area contributed by atoms with Crippen LogP contribution in [0.1, 0.15) is 36.9 Å². The molecule has 1 fully saturated rings. The van der Waals surface area contributed by atoms with Gasteiger partial charge in [-0.2, -0.15) is 0 Å². The maximum Gasteiger partial charge on any atom is 0.245 e. The third-order valence-corrected chi connectivity index (χ3v) is 7.87. The first-order chi connectivity index (χ1) is 17.5. The number of oxazole rings is 1. The highest BCUT2D eigenvalue weighted by atomic mass is 16.3. The van der Waals surface area contributed by atoms with Crippen LogP contribution >= 0.6 is 0 Å². The molecule has 4 aromatic rings. The van der Waals surface area contributed by atoms with Gasteiger partial charge in [0.05, 0.1) is 11.6 Å². The van der Waals surface area contributed by atoms with Gasteiger partial charge in [0.15, 0.2) is 12.2 Å². The van der Waals surface area contributed by atoms with Gasteiger partial charge in [-0.05, 0) is 70.3 Å². The molecule has 2 aliphatic rings. The highest BCUT2D eigenvalue weighted by molar-refractivity contribution is 5.99. The molecule has 1 amide bonds. The quantitative estimate of drug-likeness (QED) is 0.440. The molecule has 1 saturated heterocycles. The molecule has 1 aliphatic heterocycles. The first-order valence-corrected chi connectivity index (χ1v) is 12.6. The van der Waals surface area contributed by atoms with Gasteiger partial charge in [0, 0.05) is 30.0 Å². The average Bonchev–Trinajstić information content (AvgIpc) is 3.57. The molecule has 9 nitrogen and oxygen atoms in total. The van der Waals surface area contributed by atoms with Crippen LogP contribution in [0.5, 0.6) is 0 Å². The molecule has 1 aromatic carbocycles. The summed E-state index contributed by atoms with van der Waals surface area (Å²) < 4.78 is 5.42. The maximum absolute atomic E-state index is 13.7. The minimum atomic E-state index is -0.609. The van der Waals surface area contributed by atoms with Crippen molar-refractivity contribution in [3.8, 4) is 11.3 Å². The summed E-state index contributed by atoms with van der Waals surface area (Å²) >= 11 is 0. The number of aryl methyl sites for hydroxylation is 2. The molecule has 4 heterocycles. The van der Waals surface area contributed by atoms with Crippen LogP contribution in [0.15, 0.2) is 47.6 Å². The summed E-state index contributed by atoms with van der Waals surface area (Å²) in [4.78, 5) is 34.8. The summed E-state index contributed by atoms with van der Waals surface area (Å²) in [5.41, 5.74) is 4.63. The number of amides is 1. The number of hydrogen-bond donors (Lipinski definition) is 2. The van der Waals surface area contributed by atoms with Crippen LogP contribution in [0.3, 0.4) is 0 Å². The first-order valence-electron chi connectivity index (χ1n) is 12.6. The van der Waals surface area contributed by atoms with Crippen LogP contribution in [-0.4, -0.2) is 63.5 Å². The van der Waals surface area contributed by atoms with Gasteiger partial charge in [0.25, 0.3) is 0 Å². The Morgan fingerprint density at radius 2 is 2.00 bits per heavy atom. The van der Waals surface area contributed by atoms with E-state index in [0.717, 1.165) is 48.6 Å². The number of H-pyrrole nitrogens is 1. The van der Waals surface area contributed by atoms with E-state index in [4.69, 9.17) is 9.40 Å². The normalized spacial score (nSPS) is 17.4. The Hall–Kier alpha value is -3.72. The van der Waals surface area contributed by atoms with Crippen molar-refractivity contribution < 1.29 is 9.21 Å². The first kappa shape index (κ1) is 22.7. The Balaban J connectivity index is 1.23. The molecule has 3 aromatic heterocycles. The minimum Gasteiger partial charge on any atom is -0.444 e. The van der Waals surface area contributed by atoms with E-state index in [0.29, 0.717) is 18.6 Å². The molecule has 186 valence electrons. The topological polar surface area (TPSA) is 103 Å². The molecule has 0 saturated carbocycles. The van der Waals surface area contributed by atoms with Crippen LogP contribution in [0.2, 0.25) is 0 Å². The number of likely N-dealkylation sites (N-methyl/N-ethyl adjacent to an activating group) is 1. The number of anilines is 2. The third-order valence-electron chi connectivity index (χ3n) is 7.87. The van der Waals surface area contributed by atoms with Crippen molar-refractivity contribution in [3.63, 3.8) is 0 Å². The standard InChI is InChI=1S/C27H31N7O2/c1-33(2)27(26(35)31-19-7-5-6-18(14-19)22-15-28-17-36-22)10-12-34(13-11-27)25-23-20-8-3-4-9-21(20)32-24(23)29-16-30-25/h5-7,14-17H,3-4,8-13H2,1-2H3,(H,31,35)(H,29,30,32). The Morgan fingerprint density at radius 3 is 2.78 bits per heavy atom. The average molecular weight is 486 g/mol. The molecule has 9 heteroatoms. The number of aromatic nitrogens is 4. The van der Waals surface area contributed by atoms with E-state index < -0.39 is 5.54 Å². The van der Waals surface area contributed by atoms with Crippen molar-refractivity contribution in [2.45, 2.75) is 44.1 Å². The summed E-state index contributed by atoms with van der Waals surface area (Å²) in [6.45, 7) is 1.49. The zero-order valence-corrected chi connectivity index (χ0v) is 20.8. The fraction of sp³-hybridized carbons (Fsp3) is 0.407. The number of fused-ring (bicyclic) bond motifs is 3. The van der Waals surface area contributed by atoms with Gasteiger partial charge in [-0.25, -0.2) is 15.0 Å². The van der Waals surface area contributed by atoms with E-state index >= 15 is 0 Å². The summed E-state index contributed by atoms with van der Waals surface area (Å²) in [7, 11) is 3.98. The highest BCUT2D eigenvalue weighted by Crippen LogP contribution is 2.37. The summed E-state index contributed by atoms with van der Waals surface area (Å²) in [5.74, 6) is 1.67. The Morgan fingerprint density at radius 1 is 1.17 bits per heavy atom. The monoisotopic (exact) mass is 485 g/mol. The Kier molecular flexibility index (Phi) is 5.72. The van der Waals surface area contributed by atoms with Gasteiger partial charge in [0.2, 0.25) is 5.91 Å². The number of nitrogens with zero attached hydrogens (tertiary/aromatic N) is 5. The molecule has 36 heavy (non-hydrogen) atoms. The van der Waals surface area contributed by atoms with E-state index in [1.54, 1.807) is 12.5 Å². The second kappa shape index (κ2) is 9.05. The zero-order chi connectivity index (χ0) is 24.7. The highest BCUT2D eigenvalue weighted by Gasteiger charge is 2.44. The lowest BCUT2D eigenvalue weighted by Crippen LogP contribution is -2.59. The molecule has 0 radical (unpaired) electrons.